The molecule has 1 aromatic carbocycles. The molecule has 0 spiro atoms. The van der Waals surface area contributed by atoms with Crippen molar-refractivity contribution in [3.63, 3.8) is 0 Å². The minimum absolute atomic E-state index is 0.109. The van der Waals surface area contributed by atoms with Crippen molar-refractivity contribution in [3.05, 3.63) is 43.0 Å². The highest BCUT2D eigenvalue weighted by Gasteiger charge is 2.28. The van der Waals surface area contributed by atoms with Gasteiger partial charge in [0, 0.05) is 13.1 Å². The second kappa shape index (κ2) is 5.25. The smallest absolute Gasteiger partial charge is 0.242 e. The lowest BCUT2D eigenvalue weighted by molar-refractivity contribution is -0.130. The first-order valence-corrected chi connectivity index (χ1v) is 7.35. The zero-order valence-electron chi connectivity index (χ0n) is 12.0. The minimum atomic E-state index is 0.109. The number of nitrogens with zero attached hydrogens (tertiary/aromatic N) is 6. The number of fused-ring (bicyclic) bond motifs is 1. The van der Waals surface area contributed by atoms with Crippen LogP contribution in [0.25, 0.3) is 11.0 Å². The molecule has 0 N–H and O–H groups in total. The molecule has 3 aromatic rings. The molecule has 0 radical (unpaired) electrons. The minimum Gasteiger partial charge on any atom is -0.339 e. The Bertz CT molecular complexity index is 793. The molecule has 112 valence electrons. The zero-order valence-corrected chi connectivity index (χ0v) is 12.0. The SMILES string of the molecule is O=C(Cn1cnc2ccccc21)N1CC[C@@H](n2nccn2)C1. The van der Waals surface area contributed by atoms with Crippen LogP contribution in [-0.4, -0.2) is 48.4 Å². The summed E-state index contributed by atoms with van der Waals surface area (Å²) in [6.45, 7) is 1.73. The van der Waals surface area contributed by atoms with Gasteiger partial charge in [-0.15, -0.1) is 0 Å². The number of aromatic nitrogens is 5. The molecule has 0 bridgehead atoms. The largest absolute Gasteiger partial charge is 0.339 e. The van der Waals surface area contributed by atoms with Crippen LogP contribution in [0.5, 0.6) is 0 Å². The summed E-state index contributed by atoms with van der Waals surface area (Å²) in [5.41, 5.74) is 1.90. The molecule has 1 aliphatic rings. The molecule has 1 saturated heterocycles. The van der Waals surface area contributed by atoms with Crippen LogP contribution in [-0.2, 0) is 11.3 Å². The number of para-hydroxylation sites is 2. The van der Waals surface area contributed by atoms with E-state index < -0.39 is 0 Å². The van der Waals surface area contributed by atoms with Gasteiger partial charge >= 0.3 is 0 Å². The van der Waals surface area contributed by atoms with Crippen LogP contribution in [0.4, 0.5) is 0 Å². The van der Waals surface area contributed by atoms with Crippen molar-refractivity contribution >= 4 is 16.9 Å². The molecular formula is C15H16N6O. The summed E-state index contributed by atoms with van der Waals surface area (Å²) in [4.78, 5) is 20.4. The van der Waals surface area contributed by atoms with Gasteiger partial charge in [-0.2, -0.15) is 15.0 Å². The first kappa shape index (κ1) is 13.0. The average Bonchev–Trinajstić information content (AvgIpc) is 3.28. The normalized spacial score (nSPS) is 18.2. The Hall–Kier alpha value is -2.70. The number of likely N-dealkylation sites (tertiary alicyclic amines) is 1. The van der Waals surface area contributed by atoms with E-state index in [0.717, 1.165) is 24.0 Å². The van der Waals surface area contributed by atoms with E-state index in [9.17, 15) is 4.79 Å². The second-order valence-corrected chi connectivity index (χ2v) is 5.49. The highest BCUT2D eigenvalue weighted by atomic mass is 16.2. The lowest BCUT2D eigenvalue weighted by atomic mass is 10.3. The summed E-state index contributed by atoms with van der Waals surface area (Å²) < 4.78 is 1.90. The third kappa shape index (κ3) is 2.24. The molecule has 0 unspecified atom stereocenters. The number of amides is 1. The maximum Gasteiger partial charge on any atom is 0.242 e. The van der Waals surface area contributed by atoms with Gasteiger partial charge in [0.25, 0.3) is 0 Å². The van der Waals surface area contributed by atoms with Crippen LogP contribution in [0.3, 0.4) is 0 Å². The Kier molecular flexibility index (Phi) is 3.10. The monoisotopic (exact) mass is 296 g/mol. The standard InChI is InChI=1S/C15H16N6O/c22-15(10-20-11-16-13-3-1-2-4-14(13)20)19-8-5-12(9-19)21-17-6-7-18-21/h1-4,6-7,11-12H,5,8-10H2/t12-/m1/s1. The van der Waals surface area contributed by atoms with Crippen LogP contribution < -0.4 is 0 Å². The van der Waals surface area contributed by atoms with Gasteiger partial charge in [-0.05, 0) is 18.6 Å². The second-order valence-electron chi connectivity index (χ2n) is 5.49. The Balaban J connectivity index is 1.47. The van der Waals surface area contributed by atoms with Crippen molar-refractivity contribution in [3.8, 4) is 0 Å². The fourth-order valence-corrected chi connectivity index (χ4v) is 2.95. The zero-order chi connectivity index (χ0) is 14.9. The molecule has 0 saturated carbocycles. The molecule has 3 heterocycles. The quantitative estimate of drug-likeness (QED) is 0.726. The number of imidazole rings is 1. The van der Waals surface area contributed by atoms with Crippen molar-refractivity contribution < 1.29 is 4.79 Å². The number of carbonyl (C=O) groups is 1. The van der Waals surface area contributed by atoms with E-state index in [4.69, 9.17) is 0 Å². The molecule has 1 amide bonds. The van der Waals surface area contributed by atoms with Gasteiger partial charge in [0.2, 0.25) is 5.91 Å². The molecular weight excluding hydrogens is 280 g/mol. The Morgan fingerprint density at radius 3 is 2.91 bits per heavy atom. The third-order valence-electron chi connectivity index (χ3n) is 4.11. The van der Waals surface area contributed by atoms with E-state index in [2.05, 4.69) is 15.2 Å². The number of benzene rings is 1. The first-order chi connectivity index (χ1) is 10.8. The highest BCUT2D eigenvalue weighted by molar-refractivity contribution is 5.80. The molecule has 7 nitrogen and oxygen atoms in total. The summed E-state index contributed by atoms with van der Waals surface area (Å²) in [5.74, 6) is 0.109. The van der Waals surface area contributed by atoms with E-state index in [1.807, 2.05) is 33.7 Å². The summed E-state index contributed by atoms with van der Waals surface area (Å²) in [7, 11) is 0. The molecule has 1 fully saturated rings. The van der Waals surface area contributed by atoms with Crippen molar-refractivity contribution in [1.82, 2.24) is 29.4 Å². The van der Waals surface area contributed by atoms with Crippen LogP contribution in [0.1, 0.15) is 12.5 Å². The molecule has 2 aromatic heterocycles. The number of hydrogen-bond donors (Lipinski definition) is 0. The molecule has 0 aliphatic carbocycles. The van der Waals surface area contributed by atoms with Crippen molar-refractivity contribution in [1.29, 1.82) is 0 Å². The third-order valence-corrected chi connectivity index (χ3v) is 4.11. The van der Waals surface area contributed by atoms with Gasteiger partial charge in [-0.1, -0.05) is 12.1 Å². The van der Waals surface area contributed by atoms with Gasteiger partial charge in [0.05, 0.1) is 35.8 Å². The van der Waals surface area contributed by atoms with Crippen LogP contribution in [0.2, 0.25) is 0 Å². The van der Waals surface area contributed by atoms with Crippen molar-refractivity contribution in [2.24, 2.45) is 0 Å². The van der Waals surface area contributed by atoms with Crippen LogP contribution >= 0.6 is 0 Å². The topological polar surface area (TPSA) is 68.8 Å². The number of rotatable bonds is 3. The summed E-state index contributed by atoms with van der Waals surface area (Å²) in [6, 6.07) is 8.02. The van der Waals surface area contributed by atoms with Crippen molar-refractivity contribution in [2.45, 2.75) is 19.0 Å². The van der Waals surface area contributed by atoms with E-state index in [0.29, 0.717) is 13.1 Å². The molecule has 7 heteroatoms. The molecule has 1 atom stereocenters. The highest BCUT2D eigenvalue weighted by Crippen LogP contribution is 2.20. The van der Waals surface area contributed by atoms with Crippen LogP contribution in [0, 0.1) is 0 Å². The molecule has 4 rings (SSSR count). The first-order valence-electron chi connectivity index (χ1n) is 7.35. The maximum atomic E-state index is 12.5. The van der Waals surface area contributed by atoms with Gasteiger partial charge in [-0.3, -0.25) is 4.79 Å². The Labute approximate surface area is 127 Å². The summed E-state index contributed by atoms with van der Waals surface area (Å²) in [5, 5.41) is 8.32. The number of carbonyl (C=O) groups excluding carboxylic acids is 1. The van der Waals surface area contributed by atoms with E-state index in [1.54, 1.807) is 23.5 Å². The average molecular weight is 296 g/mol. The lowest BCUT2D eigenvalue weighted by Crippen LogP contribution is -2.32. The predicted molar refractivity (Wildman–Crippen MR) is 80.0 cm³/mol. The Morgan fingerprint density at radius 2 is 2.05 bits per heavy atom. The molecule has 1 aliphatic heterocycles. The fraction of sp³-hybridized carbons (Fsp3) is 0.333. The summed E-state index contributed by atoms with van der Waals surface area (Å²) >= 11 is 0. The molecule has 22 heavy (non-hydrogen) atoms. The lowest BCUT2D eigenvalue weighted by Gasteiger charge is -2.16. The maximum absolute atomic E-state index is 12.5. The van der Waals surface area contributed by atoms with E-state index >= 15 is 0 Å². The number of hydrogen-bond acceptors (Lipinski definition) is 4. The van der Waals surface area contributed by atoms with Gasteiger partial charge in [0.1, 0.15) is 6.54 Å². The summed E-state index contributed by atoms with van der Waals surface area (Å²) in [6.07, 6.45) is 5.96. The van der Waals surface area contributed by atoms with Crippen molar-refractivity contribution in [2.75, 3.05) is 13.1 Å². The van der Waals surface area contributed by atoms with Gasteiger partial charge < -0.3 is 9.47 Å². The fourth-order valence-electron chi connectivity index (χ4n) is 2.95. The van der Waals surface area contributed by atoms with E-state index in [-0.39, 0.29) is 11.9 Å². The van der Waals surface area contributed by atoms with Gasteiger partial charge in [0.15, 0.2) is 0 Å². The van der Waals surface area contributed by atoms with Gasteiger partial charge in [-0.25, -0.2) is 4.98 Å². The van der Waals surface area contributed by atoms with E-state index in [1.165, 1.54) is 0 Å². The van der Waals surface area contributed by atoms with Crippen LogP contribution in [0.15, 0.2) is 43.0 Å². The Morgan fingerprint density at radius 1 is 1.23 bits per heavy atom. The predicted octanol–water partition coefficient (Wildman–Crippen LogP) is 1.10.